The standard InChI is InChI=1S/C18H18Si2/c1-3-8-15(9-4-1)19-17-12-7-13-18(14-17)20-16-10-5-2-6-11-16/h1-14H,19-20H2. The summed E-state index contributed by atoms with van der Waals surface area (Å²) in [5.74, 6) is 0. The first-order valence-corrected chi connectivity index (χ1v) is 9.89. The van der Waals surface area contributed by atoms with Gasteiger partial charge in [0.05, 0.1) is 19.0 Å². The Balaban J connectivity index is 1.76. The molecule has 0 spiro atoms. The van der Waals surface area contributed by atoms with Gasteiger partial charge in [0.25, 0.3) is 0 Å². The minimum Gasteiger partial charge on any atom is -0.0643 e. The van der Waals surface area contributed by atoms with Crippen LogP contribution in [0.15, 0.2) is 84.9 Å². The molecule has 0 unspecified atom stereocenters. The second-order valence-electron chi connectivity index (χ2n) is 5.14. The molecule has 3 aromatic carbocycles. The van der Waals surface area contributed by atoms with Crippen molar-refractivity contribution in [3.8, 4) is 0 Å². The fourth-order valence-corrected chi connectivity index (χ4v) is 6.00. The summed E-state index contributed by atoms with van der Waals surface area (Å²) in [4.78, 5) is 0. The van der Waals surface area contributed by atoms with Crippen LogP contribution in [0.4, 0.5) is 0 Å². The third-order valence-electron chi connectivity index (χ3n) is 3.49. The molecule has 20 heavy (non-hydrogen) atoms. The fourth-order valence-electron chi connectivity index (χ4n) is 2.51. The first kappa shape index (κ1) is 13.1. The molecule has 0 atom stereocenters. The van der Waals surface area contributed by atoms with E-state index in [2.05, 4.69) is 84.9 Å². The molecule has 2 heteroatoms. The van der Waals surface area contributed by atoms with Crippen molar-refractivity contribution < 1.29 is 0 Å². The fraction of sp³-hybridized carbons (Fsp3) is 0. The minimum atomic E-state index is -0.322. The van der Waals surface area contributed by atoms with Gasteiger partial charge >= 0.3 is 0 Å². The maximum atomic E-state index is 2.44. The minimum absolute atomic E-state index is 0.322. The number of rotatable bonds is 4. The van der Waals surface area contributed by atoms with Crippen molar-refractivity contribution in [2.45, 2.75) is 0 Å². The second kappa shape index (κ2) is 6.50. The van der Waals surface area contributed by atoms with Gasteiger partial charge in [-0.25, -0.2) is 0 Å². The summed E-state index contributed by atoms with van der Waals surface area (Å²) in [5, 5.41) is 6.14. The lowest BCUT2D eigenvalue weighted by Gasteiger charge is -2.05. The normalized spacial score (nSPS) is 11.6. The van der Waals surface area contributed by atoms with Gasteiger partial charge in [0, 0.05) is 0 Å². The highest BCUT2D eigenvalue weighted by atomic mass is 28.2. The molecule has 0 saturated carbocycles. The summed E-state index contributed by atoms with van der Waals surface area (Å²) in [6.07, 6.45) is 0. The smallest absolute Gasteiger partial charge is 0.0643 e. The Morgan fingerprint density at radius 2 is 0.800 bits per heavy atom. The molecule has 0 saturated heterocycles. The van der Waals surface area contributed by atoms with E-state index >= 15 is 0 Å². The average Bonchev–Trinajstić information content (AvgIpc) is 2.50. The summed E-state index contributed by atoms with van der Waals surface area (Å²) in [6.45, 7) is 0. The van der Waals surface area contributed by atoms with Crippen LogP contribution in [0.3, 0.4) is 0 Å². The lowest BCUT2D eigenvalue weighted by Crippen LogP contribution is -2.33. The SMILES string of the molecule is c1ccc([SiH2]c2cccc([SiH2]c3ccccc3)c2)cc1. The van der Waals surface area contributed by atoms with Gasteiger partial charge in [-0.2, -0.15) is 0 Å². The third kappa shape index (κ3) is 3.56. The van der Waals surface area contributed by atoms with Crippen molar-refractivity contribution in [2.24, 2.45) is 0 Å². The molecule has 3 rings (SSSR count). The highest BCUT2D eigenvalue weighted by Gasteiger charge is 2.00. The van der Waals surface area contributed by atoms with Crippen LogP contribution in [0, 0.1) is 0 Å². The van der Waals surface area contributed by atoms with E-state index in [9.17, 15) is 0 Å². The van der Waals surface area contributed by atoms with Crippen molar-refractivity contribution in [3.63, 3.8) is 0 Å². The Morgan fingerprint density at radius 1 is 0.400 bits per heavy atom. The van der Waals surface area contributed by atoms with E-state index in [1.54, 1.807) is 10.4 Å². The van der Waals surface area contributed by atoms with E-state index in [1.165, 1.54) is 10.4 Å². The summed E-state index contributed by atoms with van der Waals surface area (Å²) >= 11 is 0. The summed E-state index contributed by atoms with van der Waals surface area (Å²) < 4.78 is 0. The molecular weight excluding hydrogens is 272 g/mol. The Hall–Kier alpha value is -1.91. The zero-order valence-electron chi connectivity index (χ0n) is 11.5. The van der Waals surface area contributed by atoms with Crippen molar-refractivity contribution in [1.29, 1.82) is 0 Å². The maximum absolute atomic E-state index is 2.44. The molecule has 0 radical (unpaired) electrons. The molecule has 0 aliphatic heterocycles. The lowest BCUT2D eigenvalue weighted by atomic mass is 10.3. The zero-order chi connectivity index (χ0) is 13.6. The lowest BCUT2D eigenvalue weighted by molar-refractivity contribution is 1.75. The zero-order valence-corrected chi connectivity index (χ0v) is 14.3. The maximum Gasteiger partial charge on any atom is 0.0875 e. The van der Waals surface area contributed by atoms with E-state index < -0.39 is 0 Å². The molecule has 0 aliphatic carbocycles. The molecular formula is C18H18Si2. The van der Waals surface area contributed by atoms with E-state index in [-0.39, 0.29) is 19.0 Å². The van der Waals surface area contributed by atoms with E-state index in [0.717, 1.165) is 0 Å². The summed E-state index contributed by atoms with van der Waals surface area (Å²) in [7, 11) is -0.645. The third-order valence-corrected chi connectivity index (χ3v) is 6.95. The molecule has 0 N–H and O–H groups in total. The Kier molecular flexibility index (Phi) is 4.26. The van der Waals surface area contributed by atoms with Gasteiger partial charge < -0.3 is 0 Å². The predicted molar refractivity (Wildman–Crippen MR) is 95.0 cm³/mol. The van der Waals surface area contributed by atoms with Crippen LogP contribution in [0.5, 0.6) is 0 Å². The summed E-state index contributed by atoms with van der Waals surface area (Å²) in [5.41, 5.74) is 0. The van der Waals surface area contributed by atoms with Crippen LogP contribution in [0.2, 0.25) is 0 Å². The Labute approximate surface area is 125 Å². The first-order valence-electron chi connectivity index (χ1n) is 7.06. The Bertz CT molecular complexity index is 607. The largest absolute Gasteiger partial charge is 0.0875 e. The number of hydrogen-bond acceptors (Lipinski definition) is 0. The highest BCUT2D eigenvalue weighted by Crippen LogP contribution is 1.86. The van der Waals surface area contributed by atoms with Crippen LogP contribution < -0.4 is 20.7 Å². The Morgan fingerprint density at radius 3 is 1.25 bits per heavy atom. The number of hydrogen-bond donors (Lipinski definition) is 0. The molecule has 0 heterocycles. The van der Waals surface area contributed by atoms with E-state index in [1.807, 2.05) is 0 Å². The molecule has 0 nitrogen and oxygen atoms in total. The number of benzene rings is 3. The molecule has 0 aromatic heterocycles. The molecule has 0 amide bonds. The van der Waals surface area contributed by atoms with Crippen molar-refractivity contribution in [1.82, 2.24) is 0 Å². The monoisotopic (exact) mass is 290 g/mol. The predicted octanol–water partition coefficient (Wildman–Crippen LogP) is -0.0742. The molecule has 0 bridgehead atoms. The van der Waals surface area contributed by atoms with Gasteiger partial charge in [-0.15, -0.1) is 0 Å². The van der Waals surface area contributed by atoms with Gasteiger partial charge in [-0.1, -0.05) is 106 Å². The van der Waals surface area contributed by atoms with Gasteiger partial charge in [0.15, 0.2) is 0 Å². The van der Waals surface area contributed by atoms with Gasteiger partial charge in [0.2, 0.25) is 0 Å². The van der Waals surface area contributed by atoms with Crippen molar-refractivity contribution in [2.75, 3.05) is 0 Å². The van der Waals surface area contributed by atoms with Crippen LogP contribution in [0.25, 0.3) is 0 Å². The molecule has 0 fully saturated rings. The molecule has 3 aromatic rings. The second-order valence-corrected chi connectivity index (χ2v) is 9.12. The average molecular weight is 291 g/mol. The van der Waals surface area contributed by atoms with E-state index in [0.29, 0.717) is 0 Å². The molecule has 98 valence electrons. The highest BCUT2D eigenvalue weighted by molar-refractivity contribution is 6.70. The first-order chi connectivity index (χ1) is 9.90. The van der Waals surface area contributed by atoms with Gasteiger partial charge in [-0.05, 0) is 0 Å². The van der Waals surface area contributed by atoms with Crippen LogP contribution >= 0.6 is 0 Å². The van der Waals surface area contributed by atoms with Gasteiger partial charge in [0.1, 0.15) is 0 Å². The molecule has 0 aliphatic rings. The van der Waals surface area contributed by atoms with Gasteiger partial charge in [-0.3, -0.25) is 0 Å². The van der Waals surface area contributed by atoms with E-state index in [4.69, 9.17) is 0 Å². The van der Waals surface area contributed by atoms with Crippen molar-refractivity contribution in [3.05, 3.63) is 84.9 Å². The van der Waals surface area contributed by atoms with Crippen molar-refractivity contribution >= 4 is 39.8 Å². The van der Waals surface area contributed by atoms with Crippen LogP contribution in [-0.4, -0.2) is 19.0 Å². The van der Waals surface area contributed by atoms with Crippen LogP contribution in [0.1, 0.15) is 0 Å². The topological polar surface area (TPSA) is 0 Å². The summed E-state index contributed by atoms with van der Waals surface area (Å²) in [6, 6.07) is 31.1. The quantitative estimate of drug-likeness (QED) is 0.590. The van der Waals surface area contributed by atoms with Crippen LogP contribution in [-0.2, 0) is 0 Å².